The van der Waals surface area contributed by atoms with Gasteiger partial charge in [0.15, 0.2) is 0 Å². The predicted octanol–water partition coefficient (Wildman–Crippen LogP) is 3.84. The minimum absolute atomic E-state index is 0.0328. The molecule has 136 valence electrons. The summed E-state index contributed by atoms with van der Waals surface area (Å²) >= 11 is 0. The van der Waals surface area contributed by atoms with Crippen LogP contribution in [0.25, 0.3) is 0 Å². The summed E-state index contributed by atoms with van der Waals surface area (Å²) in [5.74, 6) is 1.96. The Kier molecular flexibility index (Phi) is 8.61. The predicted molar refractivity (Wildman–Crippen MR) is 98.9 cm³/mol. The molecule has 1 amide bonds. The molecule has 0 spiro atoms. The van der Waals surface area contributed by atoms with E-state index in [1.807, 2.05) is 6.92 Å². The van der Waals surface area contributed by atoms with Crippen molar-refractivity contribution in [2.24, 2.45) is 5.92 Å². The lowest BCUT2D eigenvalue weighted by Crippen LogP contribution is -2.37. The molecule has 0 radical (unpaired) electrons. The fourth-order valence-corrected chi connectivity index (χ4v) is 2.59. The van der Waals surface area contributed by atoms with Crippen molar-refractivity contribution in [1.29, 1.82) is 0 Å². The molecule has 2 N–H and O–H groups in total. The Morgan fingerprint density at radius 2 is 1.75 bits per heavy atom. The highest BCUT2D eigenvalue weighted by atomic mass is 16.5. The zero-order valence-corrected chi connectivity index (χ0v) is 15.8. The molecule has 0 heterocycles. The van der Waals surface area contributed by atoms with Gasteiger partial charge < -0.3 is 20.1 Å². The average Bonchev–Trinajstić information content (AvgIpc) is 2.52. The third kappa shape index (κ3) is 7.21. The first-order valence-corrected chi connectivity index (χ1v) is 8.63. The van der Waals surface area contributed by atoms with E-state index in [2.05, 4.69) is 31.4 Å². The van der Waals surface area contributed by atoms with Crippen molar-refractivity contribution in [1.82, 2.24) is 5.32 Å². The van der Waals surface area contributed by atoms with Gasteiger partial charge in [-0.2, -0.15) is 0 Å². The van der Waals surface area contributed by atoms with E-state index in [-0.39, 0.29) is 11.9 Å². The Labute approximate surface area is 146 Å². The monoisotopic (exact) mass is 336 g/mol. The first-order chi connectivity index (χ1) is 11.3. The molecule has 2 atom stereocenters. The third-order valence-corrected chi connectivity index (χ3v) is 3.92. The molecule has 5 nitrogen and oxygen atoms in total. The lowest BCUT2D eigenvalue weighted by Gasteiger charge is -2.20. The van der Waals surface area contributed by atoms with Gasteiger partial charge in [-0.1, -0.05) is 13.8 Å². The van der Waals surface area contributed by atoms with Gasteiger partial charge in [-0.15, -0.1) is 0 Å². The Balaban J connectivity index is 2.50. The molecule has 0 aliphatic carbocycles. The van der Waals surface area contributed by atoms with Crippen LogP contribution in [-0.4, -0.2) is 32.2 Å². The molecule has 24 heavy (non-hydrogen) atoms. The summed E-state index contributed by atoms with van der Waals surface area (Å²) in [6, 6.07) is 5.87. The summed E-state index contributed by atoms with van der Waals surface area (Å²) in [5, 5.41) is 6.39. The maximum Gasteiger partial charge on any atom is 0.226 e. The van der Waals surface area contributed by atoms with E-state index in [1.165, 1.54) is 6.42 Å². The maximum absolute atomic E-state index is 12.3. The molecule has 0 saturated heterocycles. The second-order valence-electron chi connectivity index (χ2n) is 6.76. The van der Waals surface area contributed by atoms with E-state index in [1.54, 1.807) is 32.4 Å². The lowest BCUT2D eigenvalue weighted by atomic mass is 10.0. The van der Waals surface area contributed by atoms with Crippen LogP contribution in [0.5, 0.6) is 11.5 Å². The van der Waals surface area contributed by atoms with Crippen LogP contribution < -0.4 is 20.1 Å². The summed E-state index contributed by atoms with van der Waals surface area (Å²) in [6.45, 7) is 8.66. The maximum atomic E-state index is 12.3. The zero-order chi connectivity index (χ0) is 18.1. The molecule has 0 fully saturated rings. The van der Waals surface area contributed by atoms with Crippen LogP contribution in [0, 0.1) is 5.92 Å². The number of nitrogens with one attached hydrogen (secondary N) is 2. The van der Waals surface area contributed by atoms with E-state index < -0.39 is 0 Å². The summed E-state index contributed by atoms with van der Waals surface area (Å²) in [5.41, 5.74) is 0.656. The largest absolute Gasteiger partial charge is 0.497 e. The number of carbonyl (C=O) groups excluding carboxylic acids is 1. The van der Waals surface area contributed by atoms with Crippen molar-refractivity contribution >= 4 is 11.6 Å². The average molecular weight is 336 g/mol. The van der Waals surface area contributed by atoms with Gasteiger partial charge >= 0.3 is 0 Å². The van der Waals surface area contributed by atoms with E-state index in [4.69, 9.17) is 9.47 Å². The quantitative estimate of drug-likeness (QED) is 0.681. The standard InChI is InChI=1S/C19H32N2O3/c1-13(2)7-8-14(3)20-15(4)11-19(22)21-17-10-9-16(23-5)12-18(17)24-6/h9-10,12-15,20H,7-8,11H2,1-6H3,(H,21,22). The minimum atomic E-state index is -0.0328. The van der Waals surface area contributed by atoms with Crippen LogP contribution in [0.15, 0.2) is 18.2 Å². The number of benzene rings is 1. The molecular formula is C19H32N2O3. The molecule has 2 unspecified atom stereocenters. The second-order valence-corrected chi connectivity index (χ2v) is 6.76. The lowest BCUT2D eigenvalue weighted by molar-refractivity contribution is -0.116. The van der Waals surface area contributed by atoms with Crippen LogP contribution >= 0.6 is 0 Å². The topological polar surface area (TPSA) is 59.6 Å². The van der Waals surface area contributed by atoms with Crippen LogP contribution in [0.3, 0.4) is 0 Å². The Hall–Kier alpha value is -1.75. The molecule has 0 bridgehead atoms. The van der Waals surface area contributed by atoms with Crippen molar-refractivity contribution in [2.75, 3.05) is 19.5 Å². The van der Waals surface area contributed by atoms with Gasteiger partial charge in [0.25, 0.3) is 0 Å². The third-order valence-electron chi connectivity index (χ3n) is 3.92. The van der Waals surface area contributed by atoms with E-state index in [0.29, 0.717) is 35.6 Å². The van der Waals surface area contributed by atoms with Gasteiger partial charge in [0, 0.05) is 24.6 Å². The van der Waals surface area contributed by atoms with Gasteiger partial charge in [-0.05, 0) is 44.7 Å². The second kappa shape index (κ2) is 10.2. The number of rotatable bonds is 10. The molecule has 0 aromatic heterocycles. The Morgan fingerprint density at radius 3 is 2.33 bits per heavy atom. The molecule has 5 heteroatoms. The van der Waals surface area contributed by atoms with Gasteiger partial charge in [-0.25, -0.2) is 0 Å². The van der Waals surface area contributed by atoms with Gasteiger partial charge in [0.05, 0.1) is 19.9 Å². The number of anilines is 1. The van der Waals surface area contributed by atoms with Crippen molar-refractivity contribution < 1.29 is 14.3 Å². The number of methoxy groups -OCH3 is 2. The highest BCUT2D eigenvalue weighted by molar-refractivity contribution is 5.92. The normalized spacial score (nSPS) is 13.5. The Bertz CT molecular complexity index is 517. The molecule has 0 aliphatic rings. The fourth-order valence-electron chi connectivity index (χ4n) is 2.59. The summed E-state index contributed by atoms with van der Waals surface area (Å²) in [4.78, 5) is 12.3. The SMILES string of the molecule is COc1ccc(NC(=O)CC(C)NC(C)CCC(C)C)c(OC)c1. The van der Waals surface area contributed by atoms with Gasteiger partial charge in [-0.3, -0.25) is 4.79 Å². The number of hydrogen-bond donors (Lipinski definition) is 2. The smallest absolute Gasteiger partial charge is 0.226 e. The highest BCUT2D eigenvalue weighted by Gasteiger charge is 2.14. The van der Waals surface area contributed by atoms with Crippen molar-refractivity contribution in [3.05, 3.63) is 18.2 Å². The van der Waals surface area contributed by atoms with Crippen molar-refractivity contribution in [3.63, 3.8) is 0 Å². The van der Waals surface area contributed by atoms with Gasteiger partial charge in [0.2, 0.25) is 5.91 Å². The summed E-state index contributed by atoms with van der Waals surface area (Å²) < 4.78 is 10.5. The highest BCUT2D eigenvalue weighted by Crippen LogP contribution is 2.29. The molecule has 0 aliphatic heterocycles. The van der Waals surface area contributed by atoms with Crippen LogP contribution in [0.2, 0.25) is 0 Å². The van der Waals surface area contributed by atoms with Crippen molar-refractivity contribution in [3.8, 4) is 11.5 Å². The molecule has 1 rings (SSSR count). The van der Waals surface area contributed by atoms with Crippen LogP contribution in [0.4, 0.5) is 5.69 Å². The first kappa shape index (κ1) is 20.3. The minimum Gasteiger partial charge on any atom is -0.497 e. The molecular weight excluding hydrogens is 304 g/mol. The number of amides is 1. The fraction of sp³-hybridized carbons (Fsp3) is 0.632. The molecule has 1 aromatic carbocycles. The summed E-state index contributed by atoms with van der Waals surface area (Å²) in [7, 11) is 3.17. The number of ether oxygens (including phenoxy) is 2. The molecule has 1 aromatic rings. The molecule has 0 saturated carbocycles. The van der Waals surface area contributed by atoms with E-state index in [0.717, 1.165) is 6.42 Å². The number of carbonyl (C=O) groups is 1. The number of hydrogen-bond acceptors (Lipinski definition) is 4. The van der Waals surface area contributed by atoms with Crippen LogP contribution in [0.1, 0.15) is 47.0 Å². The first-order valence-electron chi connectivity index (χ1n) is 8.63. The van der Waals surface area contributed by atoms with Gasteiger partial charge in [0.1, 0.15) is 11.5 Å². The zero-order valence-electron chi connectivity index (χ0n) is 15.8. The van der Waals surface area contributed by atoms with E-state index in [9.17, 15) is 4.79 Å². The summed E-state index contributed by atoms with van der Waals surface area (Å²) in [6.07, 6.45) is 2.73. The van der Waals surface area contributed by atoms with Crippen LogP contribution in [-0.2, 0) is 4.79 Å². The van der Waals surface area contributed by atoms with Crippen molar-refractivity contribution in [2.45, 2.75) is 59.0 Å². The Morgan fingerprint density at radius 1 is 1.04 bits per heavy atom. The van der Waals surface area contributed by atoms with E-state index >= 15 is 0 Å².